The summed E-state index contributed by atoms with van der Waals surface area (Å²) in [7, 11) is 1.49. The van der Waals surface area contributed by atoms with Crippen molar-refractivity contribution >= 4 is 28.3 Å². The maximum Gasteiger partial charge on any atom is 0.452 e. The van der Waals surface area contributed by atoms with Gasteiger partial charge in [0, 0.05) is 28.7 Å². The van der Waals surface area contributed by atoms with E-state index in [1.165, 1.54) is 7.11 Å². The lowest BCUT2D eigenvalue weighted by molar-refractivity contribution is -0.144. The molecule has 2 aromatic rings. The molecule has 0 aliphatic carbocycles. The van der Waals surface area contributed by atoms with Gasteiger partial charge in [0.2, 0.25) is 11.0 Å². The van der Waals surface area contributed by atoms with E-state index < -0.39 is 12.0 Å². The van der Waals surface area contributed by atoms with Crippen LogP contribution >= 0.6 is 23.1 Å². The van der Waals surface area contributed by atoms with Crippen molar-refractivity contribution in [1.29, 1.82) is 0 Å². The van der Waals surface area contributed by atoms with E-state index in [4.69, 9.17) is 16.3 Å². The molecule has 0 saturated heterocycles. The Balaban J connectivity index is 2.11. The van der Waals surface area contributed by atoms with Gasteiger partial charge < -0.3 is 10.1 Å². The molecule has 2 rings (SSSR count). The molecule has 0 radical (unpaired) electrons. The van der Waals surface area contributed by atoms with E-state index in [9.17, 15) is 13.2 Å². The van der Waals surface area contributed by atoms with Gasteiger partial charge in [-0.3, -0.25) is 0 Å². The van der Waals surface area contributed by atoms with Crippen LogP contribution in [0.1, 0.15) is 11.4 Å². The van der Waals surface area contributed by atoms with Crippen molar-refractivity contribution in [3.63, 3.8) is 0 Å². The standard InChI is InChI=1S/C11H9ClF3N3OS/c1-19-8-4-2-3-7(12)6(8)5-16-10-17-9(18-20-10)11(13,14)15/h2-4H,5H2,1H3,(H,16,17,18). The lowest BCUT2D eigenvalue weighted by Gasteiger charge is -2.10. The molecule has 4 nitrogen and oxygen atoms in total. The Morgan fingerprint density at radius 3 is 2.75 bits per heavy atom. The summed E-state index contributed by atoms with van der Waals surface area (Å²) in [6, 6.07) is 5.10. The molecule has 1 N–H and O–H groups in total. The Kier molecular flexibility index (Phi) is 4.34. The quantitative estimate of drug-likeness (QED) is 0.929. The topological polar surface area (TPSA) is 47.0 Å². The van der Waals surface area contributed by atoms with Crippen LogP contribution in [0.2, 0.25) is 5.02 Å². The van der Waals surface area contributed by atoms with E-state index in [0.29, 0.717) is 27.9 Å². The van der Waals surface area contributed by atoms with E-state index in [2.05, 4.69) is 14.7 Å². The predicted molar refractivity (Wildman–Crippen MR) is 70.2 cm³/mol. The highest BCUT2D eigenvalue weighted by Crippen LogP contribution is 2.30. The minimum Gasteiger partial charge on any atom is -0.496 e. The van der Waals surface area contributed by atoms with Gasteiger partial charge in [-0.2, -0.15) is 22.5 Å². The first-order valence-electron chi connectivity index (χ1n) is 5.38. The molecule has 20 heavy (non-hydrogen) atoms. The fourth-order valence-corrected chi connectivity index (χ4v) is 2.29. The number of hydrogen-bond acceptors (Lipinski definition) is 5. The summed E-state index contributed by atoms with van der Waals surface area (Å²) in [6.07, 6.45) is -4.54. The van der Waals surface area contributed by atoms with E-state index in [0.717, 1.165) is 0 Å². The number of alkyl halides is 3. The number of rotatable bonds is 4. The van der Waals surface area contributed by atoms with Gasteiger partial charge in [0.05, 0.1) is 7.11 Å². The fourth-order valence-electron chi connectivity index (χ4n) is 1.48. The largest absolute Gasteiger partial charge is 0.496 e. The third-order valence-corrected chi connectivity index (χ3v) is 3.42. The predicted octanol–water partition coefficient (Wildman–Crippen LogP) is 3.83. The van der Waals surface area contributed by atoms with Gasteiger partial charge in [-0.15, -0.1) is 0 Å². The number of anilines is 1. The van der Waals surface area contributed by atoms with Gasteiger partial charge in [-0.05, 0) is 12.1 Å². The highest BCUT2D eigenvalue weighted by Gasteiger charge is 2.36. The summed E-state index contributed by atoms with van der Waals surface area (Å²) >= 11 is 6.66. The second-order valence-electron chi connectivity index (χ2n) is 3.70. The summed E-state index contributed by atoms with van der Waals surface area (Å²) in [5.41, 5.74) is 0.639. The number of nitrogens with zero attached hydrogens (tertiary/aromatic N) is 2. The van der Waals surface area contributed by atoms with Crippen LogP contribution in [-0.2, 0) is 12.7 Å². The van der Waals surface area contributed by atoms with Crippen molar-refractivity contribution in [1.82, 2.24) is 9.36 Å². The first kappa shape index (κ1) is 14.9. The molecule has 0 aliphatic rings. The molecule has 0 aliphatic heterocycles. The van der Waals surface area contributed by atoms with Crippen molar-refractivity contribution in [3.05, 3.63) is 34.6 Å². The maximum atomic E-state index is 12.4. The van der Waals surface area contributed by atoms with Gasteiger partial charge in [-0.25, -0.2) is 0 Å². The second kappa shape index (κ2) is 5.84. The molecule has 0 unspecified atom stereocenters. The fraction of sp³-hybridized carbons (Fsp3) is 0.273. The molecule has 1 aromatic carbocycles. The van der Waals surface area contributed by atoms with E-state index in [-0.39, 0.29) is 11.7 Å². The summed E-state index contributed by atoms with van der Waals surface area (Å²) in [6.45, 7) is 0.190. The van der Waals surface area contributed by atoms with Gasteiger partial charge in [0.25, 0.3) is 0 Å². The number of nitrogens with one attached hydrogen (secondary N) is 1. The van der Waals surface area contributed by atoms with E-state index in [1.807, 2.05) is 0 Å². The molecule has 1 aromatic heterocycles. The maximum absolute atomic E-state index is 12.4. The molecule has 0 fully saturated rings. The number of ether oxygens (including phenoxy) is 1. The van der Waals surface area contributed by atoms with E-state index >= 15 is 0 Å². The summed E-state index contributed by atoms with van der Waals surface area (Å²) in [5, 5.41) is 3.27. The minimum atomic E-state index is -4.54. The molecule has 0 amide bonds. The van der Waals surface area contributed by atoms with Crippen LogP contribution in [0.5, 0.6) is 5.75 Å². The number of aromatic nitrogens is 2. The number of methoxy groups -OCH3 is 1. The van der Waals surface area contributed by atoms with Crippen LogP contribution < -0.4 is 10.1 Å². The normalized spacial score (nSPS) is 11.4. The second-order valence-corrected chi connectivity index (χ2v) is 4.85. The SMILES string of the molecule is COc1cccc(Cl)c1CNc1nc(C(F)(F)F)ns1. The van der Waals surface area contributed by atoms with Crippen LogP contribution in [0.3, 0.4) is 0 Å². The molecule has 9 heteroatoms. The van der Waals surface area contributed by atoms with Crippen LogP contribution in [0.15, 0.2) is 18.2 Å². The minimum absolute atomic E-state index is 0.0688. The summed E-state index contributed by atoms with van der Waals surface area (Å²) in [4.78, 5) is 3.37. The van der Waals surface area contributed by atoms with Gasteiger partial charge in [0.15, 0.2) is 0 Å². The van der Waals surface area contributed by atoms with Crippen LogP contribution in [-0.4, -0.2) is 16.5 Å². The van der Waals surface area contributed by atoms with Crippen molar-refractivity contribution in [3.8, 4) is 5.75 Å². The highest BCUT2D eigenvalue weighted by molar-refractivity contribution is 7.09. The first-order valence-corrected chi connectivity index (χ1v) is 6.53. The van der Waals surface area contributed by atoms with Crippen molar-refractivity contribution in [2.75, 3.05) is 12.4 Å². The van der Waals surface area contributed by atoms with Crippen molar-refractivity contribution in [2.24, 2.45) is 0 Å². The Bertz CT molecular complexity index is 603. The van der Waals surface area contributed by atoms with Crippen LogP contribution in [0.25, 0.3) is 0 Å². The number of hydrogen-bond donors (Lipinski definition) is 1. The lowest BCUT2D eigenvalue weighted by Crippen LogP contribution is -2.08. The Labute approximate surface area is 121 Å². The lowest BCUT2D eigenvalue weighted by atomic mass is 10.2. The number of benzene rings is 1. The average Bonchev–Trinajstić information content (AvgIpc) is 2.85. The molecule has 0 saturated carbocycles. The molecule has 0 spiro atoms. The highest BCUT2D eigenvalue weighted by atomic mass is 35.5. The smallest absolute Gasteiger partial charge is 0.452 e. The Morgan fingerprint density at radius 1 is 1.40 bits per heavy atom. The third kappa shape index (κ3) is 3.31. The van der Waals surface area contributed by atoms with Gasteiger partial charge in [0.1, 0.15) is 5.75 Å². The van der Waals surface area contributed by atoms with Crippen LogP contribution in [0.4, 0.5) is 18.3 Å². The third-order valence-electron chi connectivity index (χ3n) is 2.39. The first-order chi connectivity index (χ1) is 9.41. The molecular weight excluding hydrogens is 315 g/mol. The molecule has 1 heterocycles. The van der Waals surface area contributed by atoms with Gasteiger partial charge >= 0.3 is 6.18 Å². The average molecular weight is 324 g/mol. The molecule has 108 valence electrons. The van der Waals surface area contributed by atoms with Crippen molar-refractivity contribution < 1.29 is 17.9 Å². The summed E-state index contributed by atoms with van der Waals surface area (Å²) in [5.74, 6) is -0.610. The molecule has 0 bridgehead atoms. The Hall–Kier alpha value is -1.54. The van der Waals surface area contributed by atoms with Crippen molar-refractivity contribution in [2.45, 2.75) is 12.7 Å². The summed E-state index contributed by atoms with van der Waals surface area (Å²) < 4.78 is 45.5. The molecular formula is C11H9ClF3N3OS. The van der Waals surface area contributed by atoms with Crippen LogP contribution in [0, 0.1) is 0 Å². The Morgan fingerprint density at radius 2 is 2.15 bits per heavy atom. The zero-order valence-corrected chi connectivity index (χ0v) is 11.7. The van der Waals surface area contributed by atoms with Gasteiger partial charge in [-0.1, -0.05) is 17.7 Å². The van der Waals surface area contributed by atoms with E-state index in [1.54, 1.807) is 18.2 Å². The molecule has 0 atom stereocenters. The zero-order valence-electron chi connectivity index (χ0n) is 10.2. The zero-order chi connectivity index (χ0) is 14.8. The number of halogens is 4. The monoisotopic (exact) mass is 323 g/mol.